The van der Waals surface area contributed by atoms with Crippen LogP contribution in [0.3, 0.4) is 0 Å². The summed E-state index contributed by atoms with van der Waals surface area (Å²) in [5, 5.41) is 4.50. The van der Waals surface area contributed by atoms with Crippen molar-refractivity contribution in [3.63, 3.8) is 0 Å². The molecule has 4 rings (SSSR count). The van der Waals surface area contributed by atoms with Crippen molar-refractivity contribution < 1.29 is 9.59 Å². The molecule has 1 aromatic carbocycles. The molecule has 0 aromatic heterocycles. The zero-order valence-electron chi connectivity index (χ0n) is 25.3. The van der Waals surface area contributed by atoms with Crippen molar-refractivity contribution in [1.29, 1.82) is 0 Å². The van der Waals surface area contributed by atoms with Gasteiger partial charge in [0.25, 0.3) is 0 Å². The molecule has 3 fully saturated rings. The molecule has 1 N–H and O–H groups in total. The van der Waals surface area contributed by atoms with Crippen LogP contribution in [0.4, 0.5) is 4.79 Å². The van der Waals surface area contributed by atoms with Crippen molar-refractivity contribution in [2.45, 2.75) is 114 Å². The van der Waals surface area contributed by atoms with Gasteiger partial charge in [0.05, 0.1) is 6.04 Å². The van der Waals surface area contributed by atoms with Gasteiger partial charge in [-0.25, -0.2) is 4.79 Å². The topological polar surface area (TPSA) is 59.1 Å². The number of hydrogen-bond acceptors (Lipinski definition) is 4. The second-order valence-corrected chi connectivity index (χ2v) is 13.2. The van der Waals surface area contributed by atoms with Crippen molar-refractivity contribution in [2.24, 2.45) is 0 Å². The SMILES string of the molecule is CN(C)C(=O)N(C1CCCCCC1)C1CCN(C(=O)[C@@H](Cc2ccc(Cl)cc2)N[C@H]2CC[C@@H](N(C)C)CC2)CC1. The van der Waals surface area contributed by atoms with Crippen molar-refractivity contribution in [1.82, 2.24) is 24.9 Å². The van der Waals surface area contributed by atoms with Crippen LogP contribution in [-0.4, -0.2) is 103 Å². The minimum atomic E-state index is -0.250. The van der Waals surface area contributed by atoms with Gasteiger partial charge in [0.15, 0.2) is 0 Å². The van der Waals surface area contributed by atoms with Gasteiger partial charge in [0.2, 0.25) is 5.91 Å². The molecule has 0 radical (unpaired) electrons. The van der Waals surface area contributed by atoms with Gasteiger partial charge in [-0.2, -0.15) is 0 Å². The number of hydrogen-bond donors (Lipinski definition) is 1. The summed E-state index contributed by atoms with van der Waals surface area (Å²) in [4.78, 5) is 35.7. The van der Waals surface area contributed by atoms with Gasteiger partial charge in [0, 0.05) is 56.4 Å². The van der Waals surface area contributed by atoms with Crippen LogP contribution in [0.5, 0.6) is 0 Å². The fraction of sp³-hybridized carbons (Fsp3) is 0.750. The third-order valence-electron chi connectivity index (χ3n) is 9.51. The van der Waals surface area contributed by atoms with E-state index in [1.165, 1.54) is 25.7 Å². The summed E-state index contributed by atoms with van der Waals surface area (Å²) in [5.41, 5.74) is 1.13. The van der Waals surface area contributed by atoms with Crippen molar-refractivity contribution in [3.05, 3.63) is 34.9 Å². The molecule has 224 valence electrons. The van der Waals surface area contributed by atoms with Crippen LogP contribution in [0.2, 0.25) is 5.02 Å². The largest absolute Gasteiger partial charge is 0.341 e. The van der Waals surface area contributed by atoms with E-state index in [1.807, 2.05) is 38.4 Å². The molecule has 2 aliphatic carbocycles. The molecule has 40 heavy (non-hydrogen) atoms. The second kappa shape index (κ2) is 14.9. The molecule has 3 aliphatic rings. The Hall–Kier alpha value is -1.83. The monoisotopic (exact) mass is 573 g/mol. The molecule has 0 spiro atoms. The Kier molecular flexibility index (Phi) is 11.6. The van der Waals surface area contributed by atoms with Gasteiger partial charge in [-0.05, 0) is 89.6 Å². The summed E-state index contributed by atoms with van der Waals surface area (Å²) in [6.45, 7) is 1.42. The standard InChI is InChI=1S/C32H52ClN5O2/c1-35(2)27-17-15-26(16-18-27)34-30(23-24-11-13-25(33)14-12-24)31(39)37-21-19-29(20-22-37)38(32(40)36(3)4)28-9-7-5-6-8-10-28/h11-14,26-30,34H,5-10,15-23H2,1-4H3/t26-,27+,30-/m1/s1. The lowest BCUT2D eigenvalue weighted by atomic mass is 9.89. The highest BCUT2D eigenvalue weighted by molar-refractivity contribution is 6.30. The maximum absolute atomic E-state index is 14.0. The van der Waals surface area contributed by atoms with Gasteiger partial charge >= 0.3 is 6.03 Å². The number of halogens is 1. The number of benzene rings is 1. The molecule has 7 nitrogen and oxygen atoms in total. The van der Waals surface area contributed by atoms with Crippen molar-refractivity contribution in [2.75, 3.05) is 41.3 Å². The van der Waals surface area contributed by atoms with Crippen LogP contribution >= 0.6 is 11.6 Å². The zero-order chi connectivity index (χ0) is 28.6. The summed E-state index contributed by atoms with van der Waals surface area (Å²) in [7, 11) is 8.06. The molecule has 1 aromatic rings. The van der Waals surface area contributed by atoms with E-state index in [-0.39, 0.29) is 24.0 Å². The van der Waals surface area contributed by atoms with E-state index in [4.69, 9.17) is 11.6 Å². The van der Waals surface area contributed by atoms with E-state index in [1.54, 1.807) is 4.90 Å². The van der Waals surface area contributed by atoms with Gasteiger partial charge < -0.3 is 24.9 Å². The molecule has 8 heteroatoms. The van der Waals surface area contributed by atoms with Crippen LogP contribution < -0.4 is 5.32 Å². The highest BCUT2D eigenvalue weighted by Crippen LogP contribution is 2.29. The first-order chi connectivity index (χ1) is 19.2. The third-order valence-corrected chi connectivity index (χ3v) is 9.76. The molecule has 0 bridgehead atoms. The average molecular weight is 574 g/mol. The summed E-state index contributed by atoms with van der Waals surface area (Å²) in [5.74, 6) is 0.197. The Bertz CT molecular complexity index is 931. The van der Waals surface area contributed by atoms with Crippen molar-refractivity contribution in [3.8, 4) is 0 Å². The number of rotatable bonds is 8. The van der Waals surface area contributed by atoms with Crippen LogP contribution in [0, 0.1) is 0 Å². The highest BCUT2D eigenvalue weighted by Gasteiger charge is 2.37. The number of likely N-dealkylation sites (tertiary alicyclic amines) is 1. The van der Waals surface area contributed by atoms with E-state index < -0.39 is 0 Å². The normalized spacial score (nSPS) is 24.0. The Morgan fingerprint density at radius 3 is 1.95 bits per heavy atom. The minimum Gasteiger partial charge on any atom is -0.341 e. The van der Waals surface area contributed by atoms with Crippen LogP contribution in [0.25, 0.3) is 0 Å². The number of nitrogens with zero attached hydrogens (tertiary/aromatic N) is 4. The number of carbonyl (C=O) groups is 2. The Morgan fingerprint density at radius 2 is 1.40 bits per heavy atom. The fourth-order valence-corrected chi connectivity index (χ4v) is 7.21. The van der Waals surface area contributed by atoms with Gasteiger partial charge in [-0.15, -0.1) is 0 Å². The lowest BCUT2D eigenvalue weighted by Gasteiger charge is -2.44. The summed E-state index contributed by atoms with van der Waals surface area (Å²) in [6.07, 6.45) is 14.0. The second-order valence-electron chi connectivity index (χ2n) is 12.8. The molecular formula is C32H52ClN5O2. The number of piperidine rings is 1. The van der Waals surface area contributed by atoms with E-state index in [9.17, 15) is 9.59 Å². The van der Waals surface area contributed by atoms with E-state index in [0.717, 1.165) is 56.9 Å². The highest BCUT2D eigenvalue weighted by atomic mass is 35.5. The summed E-state index contributed by atoms with van der Waals surface area (Å²) >= 11 is 6.15. The average Bonchev–Trinajstić information content (AvgIpc) is 3.23. The number of carbonyl (C=O) groups excluding carboxylic acids is 2. The molecule has 1 saturated heterocycles. The molecule has 1 heterocycles. The molecular weight excluding hydrogens is 522 g/mol. The number of amides is 3. The van der Waals surface area contributed by atoms with Gasteiger partial charge in [-0.3, -0.25) is 4.79 Å². The quantitative estimate of drug-likeness (QED) is 0.422. The summed E-state index contributed by atoms with van der Waals surface area (Å²) in [6, 6.07) is 9.29. The first kappa shape index (κ1) is 31.1. The Labute approximate surface area is 247 Å². The predicted molar refractivity (Wildman–Crippen MR) is 164 cm³/mol. The summed E-state index contributed by atoms with van der Waals surface area (Å²) < 4.78 is 0. The lowest BCUT2D eigenvalue weighted by Crippen LogP contribution is -2.57. The van der Waals surface area contributed by atoms with Gasteiger partial charge in [0.1, 0.15) is 0 Å². The molecule has 2 saturated carbocycles. The molecule has 3 amide bonds. The molecule has 1 aliphatic heterocycles. The number of urea groups is 1. The van der Waals surface area contributed by atoms with Crippen LogP contribution in [0.15, 0.2) is 24.3 Å². The predicted octanol–water partition coefficient (Wildman–Crippen LogP) is 5.41. The van der Waals surface area contributed by atoms with E-state index >= 15 is 0 Å². The fourth-order valence-electron chi connectivity index (χ4n) is 7.08. The molecule has 1 atom stereocenters. The van der Waals surface area contributed by atoms with E-state index in [2.05, 4.69) is 34.1 Å². The first-order valence-electron chi connectivity index (χ1n) is 15.7. The molecule has 0 unspecified atom stereocenters. The maximum atomic E-state index is 14.0. The van der Waals surface area contributed by atoms with Gasteiger partial charge in [-0.1, -0.05) is 49.4 Å². The zero-order valence-corrected chi connectivity index (χ0v) is 26.0. The van der Waals surface area contributed by atoms with Crippen LogP contribution in [0.1, 0.15) is 82.6 Å². The number of nitrogens with one attached hydrogen (secondary N) is 1. The van der Waals surface area contributed by atoms with Crippen LogP contribution in [-0.2, 0) is 11.2 Å². The Balaban J connectivity index is 1.42. The van der Waals surface area contributed by atoms with Crippen molar-refractivity contribution >= 4 is 23.5 Å². The third kappa shape index (κ3) is 8.36. The van der Waals surface area contributed by atoms with E-state index in [0.29, 0.717) is 42.7 Å². The first-order valence-corrected chi connectivity index (χ1v) is 16.1. The smallest absolute Gasteiger partial charge is 0.319 e. The Morgan fingerprint density at radius 1 is 0.825 bits per heavy atom. The maximum Gasteiger partial charge on any atom is 0.319 e. The lowest BCUT2D eigenvalue weighted by molar-refractivity contribution is -0.135. The minimum absolute atomic E-state index is 0.132.